The van der Waals surface area contributed by atoms with Gasteiger partial charge in [-0.1, -0.05) is 12.1 Å². The van der Waals surface area contributed by atoms with E-state index in [-0.39, 0.29) is 5.82 Å². The van der Waals surface area contributed by atoms with E-state index in [4.69, 9.17) is 0 Å². The summed E-state index contributed by atoms with van der Waals surface area (Å²) in [6.45, 7) is 1.68. The Morgan fingerprint density at radius 3 is 2.69 bits per heavy atom. The van der Waals surface area contributed by atoms with Gasteiger partial charge in [0.15, 0.2) is 0 Å². The predicted molar refractivity (Wildman–Crippen MR) is 49.0 cm³/mol. The molecule has 70 valence electrons. The molecule has 1 nitrogen and oxygen atoms in total. The predicted octanol–water partition coefficient (Wildman–Crippen LogP) is 2.76. The van der Waals surface area contributed by atoms with Crippen molar-refractivity contribution in [3.63, 3.8) is 0 Å². The molecule has 13 heavy (non-hydrogen) atoms. The number of hydrogen-bond acceptors (Lipinski definition) is 1. The van der Waals surface area contributed by atoms with Crippen molar-refractivity contribution in [2.24, 2.45) is 0 Å². The molecule has 0 aliphatic heterocycles. The molecule has 1 N–H and O–H groups in total. The largest absolute Gasteiger partial charge is 0.389 e. The molecule has 1 aliphatic carbocycles. The molecule has 0 aromatic heterocycles. The molecule has 1 atom stereocenters. The van der Waals surface area contributed by atoms with Crippen LogP contribution in [-0.4, -0.2) is 5.11 Å². The Bertz CT molecular complexity index is 316. The Balaban J connectivity index is 2.47. The van der Waals surface area contributed by atoms with E-state index in [9.17, 15) is 9.50 Å². The van der Waals surface area contributed by atoms with Crippen LogP contribution in [0.5, 0.6) is 0 Å². The number of halogens is 1. The first-order valence-electron chi connectivity index (χ1n) is 4.66. The lowest BCUT2D eigenvalue weighted by molar-refractivity contribution is 0.197. The molecule has 0 radical (unpaired) electrons. The first-order chi connectivity index (χ1) is 6.20. The molecule has 1 saturated carbocycles. The zero-order valence-electron chi connectivity index (χ0n) is 7.63. The van der Waals surface area contributed by atoms with E-state index in [2.05, 4.69) is 0 Å². The van der Waals surface area contributed by atoms with Gasteiger partial charge in [0.2, 0.25) is 0 Å². The van der Waals surface area contributed by atoms with E-state index in [1.54, 1.807) is 19.1 Å². The van der Waals surface area contributed by atoms with Crippen LogP contribution in [0.1, 0.15) is 42.9 Å². The monoisotopic (exact) mass is 180 g/mol. The minimum atomic E-state index is -0.564. The van der Waals surface area contributed by atoms with E-state index in [1.807, 2.05) is 0 Å². The highest BCUT2D eigenvalue weighted by molar-refractivity contribution is 5.35. The molecule has 0 spiro atoms. The van der Waals surface area contributed by atoms with E-state index in [0.29, 0.717) is 5.92 Å². The molecule has 0 amide bonds. The number of aliphatic hydroxyl groups excluding tert-OH is 1. The summed E-state index contributed by atoms with van der Waals surface area (Å²) in [6.07, 6.45) is 1.55. The van der Waals surface area contributed by atoms with Gasteiger partial charge in [-0.2, -0.15) is 0 Å². The lowest BCUT2D eigenvalue weighted by atomic mass is 9.99. The minimum Gasteiger partial charge on any atom is -0.389 e. The average Bonchev–Trinajstić information content (AvgIpc) is 2.86. The van der Waals surface area contributed by atoms with Crippen LogP contribution in [0, 0.1) is 5.82 Å². The summed E-state index contributed by atoms with van der Waals surface area (Å²) in [5, 5.41) is 9.44. The third-order valence-electron chi connectivity index (χ3n) is 2.52. The Morgan fingerprint density at radius 1 is 1.46 bits per heavy atom. The molecule has 1 aliphatic rings. The summed E-state index contributed by atoms with van der Waals surface area (Å²) in [7, 11) is 0. The SMILES string of the molecule is CC(O)c1cccc(F)c1C1CC1. The fraction of sp³-hybridized carbons (Fsp3) is 0.455. The molecular weight excluding hydrogens is 167 g/mol. The summed E-state index contributed by atoms with van der Waals surface area (Å²) in [5.41, 5.74) is 1.49. The summed E-state index contributed by atoms with van der Waals surface area (Å²) < 4.78 is 13.4. The van der Waals surface area contributed by atoms with Crippen LogP contribution in [0.4, 0.5) is 4.39 Å². The number of aliphatic hydroxyl groups is 1. The molecule has 1 fully saturated rings. The van der Waals surface area contributed by atoms with Crippen molar-refractivity contribution >= 4 is 0 Å². The highest BCUT2D eigenvalue weighted by Gasteiger charge is 2.29. The van der Waals surface area contributed by atoms with Crippen molar-refractivity contribution in [1.82, 2.24) is 0 Å². The van der Waals surface area contributed by atoms with Crippen LogP contribution >= 0.6 is 0 Å². The standard InChI is InChI=1S/C11H13FO/c1-7(13)9-3-2-4-10(12)11(9)8-5-6-8/h2-4,7-8,13H,5-6H2,1H3. The van der Waals surface area contributed by atoms with Gasteiger partial charge in [0.05, 0.1) is 6.10 Å². The molecule has 0 heterocycles. The number of benzene rings is 1. The second-order valence-electron chi connectivity index (χ2n) is 3.69. The van der Waals surface area contributed by atoms with Crippen molar-refractivity contribution < 1.29 is 9.50 Å². The molecule has 1 unspecified atom stereocenters. The third-order valence-corrected chi connectivity index (χ3v) is 2.52. The van der Waals surface area contributed by atoms with Gasteiger partial charge in [0.1, 0.15) is 5.82 Å². The molecule has 2 heteroatoms. The summed E-state index contributed by atoms with van der Waals surface area (Å²) in [6, 6.07) is 4.93. The van der Waals surface area contributed by atoms with Gasteiger partial charge >= 0.3 is 0 Å². The van der Waals surface area contributed by atoms with E-state index in [0.717, 1.165) is 24.0 Å². The smallest absolute Gasteiger partial charge is 0.127 e. The Labute approximate surface area is 77.2 Å². The average molecular weight is 180 g/mol. The van der Waals surface area contributed by atoms with Crippen LogP contribution in [-0.2, 0) is 0 Å². The van der Waals surface area contributed by atoms with Crippen LogP contribution in [0.15, 0.2) is 18.2 Å². The normalized spacial score (nSPS) is 18.7. The van der Waals surface area contributed by atoms with E-state index >= 15 is 0 Å². The highest BCUT2D eigenvalue weighted by Crippen LogP contribution is 2.44. The number of hydrogen-bond donors (Lipinski definition) is 1. The topological polar surface area (TPSA) is 20.2 Å². The Hall–Kier alpha value is -0.890. The van der Waals surface area contributed by atoms with Gasteiger partial charge in [-0.3, -0.25) is 0 Å². The van der Waals surface area contributed by atoms with Crippen molar-refractivity contribution in [2.45, 2.75) is 31.8 Å². The van der Waals surface area contributed by atoms with Gasteiger partial charge in [-0.25, -0.2) is 4.39 Å². The quantitative estimate of drug-likeness (QED) is 0.742. The van der Waals surface area contributed by atoms with Gasteiger partial charge in [-0.05, 0) is 42.9 Å². The van der Waals surface area contributed by atoms with Crippen molar-refractivity contribution in [2.75, 3.05) is 0 Å². The first-order valence-corrected chi connectivity index (χ1v) is 4.66. The molecule has 2 rings (SSSR count). The molecule has 0 saturated heterocycles. The summed E-state index contributed by atoms with van der Waals surface area (Å²) >= 11 is 0. The lowest BCUT2D eigenvalue weighted by Crippen LogP contribution is -1.99. The summed E-state index contributed by atoms with van der Waals surface area (Å²) in [5.74, 6) is 0.187. The maximum Gasteiger partial charge on any atom is 0.127 e. The fourth-order valence-corrected chi connectivity index (χ4v) is 1.72. The van der Waals surface area contributed by atoms with Crippen LogP contribution < -0.4 is 0 Å². The number of rotatable bonds is 2. The molecular formula is C11H13FO. The Morgan fingerprint density at radius 2 is 2.15 bits per heavy atom. The minimum absolute atomic E-state index is 0.166. The van der Waals surface area contributed by atoms with Crippen molar-refractivity contribution in [3.8, 4) is 0 Å². The van der Waals surface area contributed by atoms with Gasteiger partial charge in [0.25, 0.3) is 0 Å². The second kappa shape index (κ2) is 3.11. The summed E-state index contributed by atoms with van der Waals surface area (Å²) in [4.78, 5) is 0. The van der Waals surface area contributed by atoms with Gasteiger partial charge < -0.3 is 5.11 Å². The van der Waals surface area contributed by atoms with E-state index in [1.165, 1.54) is 6.07 Å². The van der Waals surface area contributed by atoms with Gasteiger partial charge in [0, 0.05) is 0 Å². The molecule has 1 aromatic carbocycles. The van der Waals surface area contributed by atoms with Crippen molar-refractivity contribution in [1.29, 1.82) is 0 Å². The molecule has 0 bridgehead atoms. The maximum absolute atomic E-state index is 13.4. The van der Waals surface area contributed by atoms with Crippen molar-refractivity contribution in [3.05, 3.63) is 35.1 Å². The maximum atomic E-state index is 13.4. The Kier molecular flexibility index (Phi) is 2.08. The van der Waals surface area contributed by atoms with Crippen LogP contribution in [0.3, 0.4) is 0 Å². The van der Waals surface area contributed by atoms with E-state index < -0.39 is 6.10 Å². The van der Waals surface area contributed by atoms with Gasteiger partial charge in [-0.15, -0.1) is 0 Å². The first kappa shape index (κ1) is 8.70. The lowest BCUT2D eigenvalue weighted by Gasteiger charge is -2.11. The van der Waals surface area contributed by atoms with Crippen LogP contribution in [0.25, 0.3) is 0 Å². The zero-order chi connectivity index (χ0) is 9.42. The zero-order valence-corrected chi connectivity index (χ0v) is 7.63. The fourth-order valence-electron chi connectivity index (χ4n) is 1.72. The second-order valence-corrected chi connectivity index (χ2v) is 3.69. The third kappa shape index (κ3) is 1.59. The highest BCUT2D eigenvalue weighted by atomic mass is 19.1. The molecule has 1 aromatic rings. The van der Waals surface area contributed by atoms with Crippen LogP contribution in [0.2, 0.25) is 0 Å².